The molecular formula is C20H27N7O. The lowest BCUT2D eigenvalue weighted by Gasteiger charge is -2.35. The number of nitrogens with one attached hydrogen (secondary N) is 1. The van der Waals surface area contributed by atoms with E-state index >= 15 is 0 Å². The maximum Gasteiger partial charge on any atom is 0.222 e. The smallest absolute Gasteiger partial charge is 0.222 e. The van der Waals surface area contributed by atoms with Gasteiger partial charge < -0.3 is 19.4 Å². The number of nitrogens with zero attached hydrogens (tertiary/aromatic N) is 6. The second-order valence-electron chi connectivity index (χ2n) is 7.88. The van der Waals surface area contributed by atoms with Crippen molar-refractivity contribution in [1.29, 1.82) is 0 Å². The SMILES string of the molecule is CN(C)Cc1nnc(C2CC(NC(=O)CCn3cnc4ccccc43)C2)n1C. The van der Waals surface area contributed by atoms with Crippen LogP contribution in [0.2, 0.25) is 0 Å². The van der Waals surface area contributed by atoms with Gasteiger partial charge in [-0.15, -0.1) is 10.2 Å². The number of rotatable bonds is 7. The number of amides is 1. The summed E-state index contributed by atoms with van der Waals surface area (Å²) in [6.45, 7) is 1.42. The molecule has 1 fully saturated rings. The van der Waals surface area contributed by atoms with Crippen LogP contribution in [0.5, 0.6) is 0 Å². The molecule has 0 bridgehead atoms. The lowest BCUT2D eigenvalue weighted by Crippen LogP contribution is -2.44. The lowest BCUT2D eigenvalue weighted by molar-refractivity contribution is -0.122. The predicted octanol–water partition coefficient (Wildman–Crippen LogP) is 1.68. The van der Waals surface area contributed by atoms with E-state index in [1.165, 1.54) is 0 Å². The Kier molecular flexibility index (Phi) is 5.13. The van der Waals surface area contributed by atoms with E-state index in [-0.39, 0.29) is 11.9 Å². The molecule has 1 aliphatic carbocycles. The Bertz CT molecular complexity index is 968. The fraction of sp³-hybridized carbons (Fsp3) is 0.500. The number of hydrogen-bond donors (Lipinski definition) is 1. The molecule has 8 nitrogen and oxygen atoms in total. The van der Waals surface area contributed by atoms with Gasteiger partial charge in [-0.2, -0.15) is 0 Å². The normalized spacial score (nSPS) is 19.1. The minimum Gasteiger partial charge on any atom is -0.353 e. The number of benzene rings is 1. The molecule has 1 N–H and O–H groups in total. The van der Waals surface area contributed by atoms with Crippen LogP contribution in [0.25, 0.3) is 11.0 Å². The molecule has 0 aliphatic heterocycles. The van der Waals surface area contributed by atoms with E-state index in [9.17, 15) is 4.79 Å². The maximum atomic E-state index is 12.3. The van der Waals surface area contributed by atoms with Crippen LogP contribution in [-0.4, -0.2) is 55.3 Å². The third-order valence-corrected chi connectivity index (χ3v) is 5.43. The Hall–Kier alpha value is -2.74. The van der Waals surface area contributed by atoms with Crippen LogP contribution in [-0.2, 0) is 24.9 Å². The molecule has 2 aromatic heterocycles. The fourth-order valence-electron chi connectivity index (χ4n) is 3.81. The molecule has 1 amide bonds. The van der Waals surface area contributed by atoms with Crippen LogP contribution in [0, 0.1) is 0 Å². The first-order valence-electron chi connectivity index (χ1n) is 9.73. The van der Waals surface area contributed by atoms with Crippen LogP contribution >= 0.6 is 0 Å². The van der Waals surface area contributed by atoms with Crippen molar-refractivity contribution in [3.05, 3.63) is 42.2 Å². The van der Waals surface area contributed by atoms with Crippen LogP contribution in [0.1, 0.15) is 36.8 Å². The number of aromatic nitrogens is 5. The summed E-state index contributed by atoms with van der Waals surface area (Å²) in [6.07, 6.45) is 4.11. The molecule has 0 atom stereocenters. The van der Waals surface area contributed by atoms with Crippen LogP contribution in [0.15, 0.2) is 30.6 Å². The van der Waals surface area contributed by atoms with E-state index < -0.39 is 0 Å². The van der Waals surface area contributed by atoms with E-state index in [1.54, 1.807) is 6.33 Å². The van der Waals surface area contributed by atoms with E-state index in [2.05, 4.69) is 30.0 Å². The number of aryl methyl sites for hydroxylation is 1. The Balaban J connectivity index is 1.25. The van der Waals surface area contributed by atoms with Crippen molar-refractivity contribution >= 4 is 16.9 Å². The zero-order valence-corrected chi connectivity index (χ0v) is 16.7. The monoisotopic (exact) mass is 381 g/mol. The lowest BCUT2D eigenvalue weighted by atomic mass is 9.79. The summed E-state index contributed by atoms with van der Waals surface area (Å²) in [5.41, 5.74) is 2.02. The largest absolute Gasteiger partial charge is 0.353 e. The molecule has 2 heterocycles. The van der Waals surface area contributed by atoms with Gasteiger partial charge in [0.05, 0.1) is 23.9 Å². The van der Waals surface area contributed by atoms with Crippen LogP contribution in [0.4, 0.5) is 0 Å². The van der Waals surface area contributed by atoms with Gasteiger partial charge in [0.2, 0.25) is 5.91 Å². The van der Waals surface area contributed by atoms with E-state index in [4.69, 9.17) is 0 Å². The van der Waals surface area contributed by atoms with Crippen molar-refractivity contribution < 1.29 is 4.79 Å². The molecule has 1 aromatic carbocycles. The van der Waals surface area contributed by atoms with Gasteiger partial charge in [0.15, 0.2) is 0 Å². The molecule has 0 spiro atoms. The van der Waals surface area contributed by atoms with Gasteiger partial charge in [-0.25, -0.2) is 4.98 Å². The summed E-state index contributed by atoms with van der Waals surface area (Å²) < 4.78 is 4.12. The zero-order chi connectivity index (χ0) is 19.7. The first-order valence-corrected chi connectivity index (χ1v) is 9.73. The highest BCUT2D eigenvalue weighted by Gasteiger charge is 2.34. The molecule has 8 heteroatoms. The first-order chi connectivity index (χ1) is 13.5. The first kappa shape index (κ1) is 18.6. The van der Waals surface area contributed by atoms with E-state index in [0.717, 1.165) is 42.1 Å². The van der Waals surface area contributed by atoms with Crippen molar-refractivity contribution in [2.45, 2.75) is 44.3 Å². The summed E-state index contributed by atoms with van der Waals surface area (Å²) >= 11 is 0. The van der Waals surface area contributed by atoms with Crippen molar-refractivity contribution in [2.24, 2.45) is 7.05 Å². The van der Waals surface area contributed by atoms with Gasteiger partial charge in [0.1, 0.15) is 11.6 Å². The maximum absolute atomic E-state index is 12.3. The Morgan fingerprint density at radius 1 is 1.25 bits per heavy atom. The molecule has 1 aliphatic rings. The second-order valence-corrected chi connectivity index (χ2v) is 7.88. The highest BCUT2D eigenvalue weighted by atomic mass is 16.1. The molecule has 28 heavy (non-hydrogen) atoms. The molecule has 0 saturated heterocycles. The molecule has 0 unspecified atom stereocenters. The Labute approximate surface area is 164 Å². The number of carbonyl (C=O) groups is 1. The summed E-state index contributed by atoms with van der Waals surface area (Å²) in [7, 11) is 6.07. The number of imidazole rings is 1. The van der Waals surface area contributed by atoms with Gasteiger partial charge in [0.25, 0.3) is 0 Å². The van der Waals surface area contributed by atoms with Gasteiger partial charge in [-0.05, 0) is 39.1 Å². The average molecular weight is 381 g/mol. The topological polar surface area (TPSA) is 80.9 Å². The van der Waals surface area contributed by atoms with Crippen molar-refractivity contribution in [3.8, 4) is 0 Å². The molecule has 148 valence electrons. The second kappa shape index (κ2) is 7.71. The van der Waals surface area contributed by atoms with Gasteiger partial charge in [-0.3, -0.25) is 4.79 Å². The molecular weight excluding hydrogens is 354 g/mol. The van der Waals surface area contributed by atoms with Crippen molar-refractivity contribution in [3.63, 3.8) is 0 Å². The van der Waals surface area contributed by atoms with E-state index in [1.807, 2.05) is 50.0 Å². The highest BCUT2D eigenvalue weighted by Crippen LogP contribution is 2.36. The third-order valence-electron chi connectivity index (χ3n) is 5.43. The molecule has 0 radical (unpaired) electrons. The Morgan fingerprint density at radius 2 is 2.04 bits per heavy atom. The predicted molar refractivity (Wildman–Crippen MR) is 107 cm³/mol. The van der Waals surface area contributed by atoms with Gasteiger partial charge in [0, 0.05) is 32.0 Å². The highest BCUT2D eigenvalue weighted by molar-refractivity contribution is 5.77. The van der Waals surface area contributed by atoms with Crippen molar-refractivity contribution in [1.82, 2.24) is 34.5 Å². The molecule has 3 aromatic rings. The average Bonchev–Trinajstić information content (AvgIpc) is 3.20. The number of carbonyl (C=O) groups excluding carboxylic acids is 1. The number of fused-ring (bicyclic) bond motifs is 1. The van der Waals surface area contributed by atoms with Gasteiger partial charge >= 0.3 is 0 Å². The van der Waals surface area contributed by atoms with Crippen LogP contribution < -0.4 is 5.32 Å². The molecule has 1 saturated carbocycles. The quantitative estimate of drug-likeness (QED) is 0.673. The fourth-order valence-corrected chi connectivity index (χ4v) is 3.81. The summed E-state index contributed by atoms with van der Waals surface area (Å²) in [5.74, 6) is 2.45. The van der Waals surface area contributed by atoms with E-state index in [0.29, 0.717) is 18.9 Å². The minimum absolute atomic E-state index is 0.0903. The standard InChI is InChI=1S/C20H27N7O/c1-25(2)12-18-23-24-20(26(18)3)14-10-15(11-14)22-19(28)8-9-27-13-21-16-6-4-5-7-17(16)27/h4-7,13-15H,8-12H2,1-3H3,(H,22,28). The number of para-hydroxylation sites is 2. The summed E-state index contributed by atoms with van der Waals surface area (Å²) in [4.78, 5) is 18.8. The third kappa shape index (κ3) is 3.77. The zero-order valence-electron chi connectivity index (χ0n) is 16.7. The summed E-state index contributed by atoms with van der Waals surface area (Å²) in [5, 5.41) is 11.8. The van der Waals surface area contributed by atoms with Crippen molar-refractivity contribution in [2.75, 3.05) is 14.1 Å². The molecule has 4 rings (SSSR count). The van der Waals surface area contributed by atoms with Crippen LogP contribution in [0.3, 0.4) is 0 Å². The Morgan fingerprint density at radius 3 is 2.82 bits per heavy atom. The number of hydrogen-bond acceptors (Lipinski definition) is 5. The minimum atomic E-state index is 0.0903. The summed E-state index contributed by atoms with van der Waals surface area (Å²) in [6, 6.07) is 8.20. The van der Waals surface area contributed by atoms with Gasteiger partial charge in [-0.1, -0.05) is 12.1 Å².